The number of hydrogen-bond donors (Lipinski definition) is 0. The summed E-state index contributed by atoms with van der Waals surface area (Å²) in [4.78, 5) is 12.8. The van der Waals surface area contributed by atoms with Crippen LogP contribution in [-0.2, 0) is 11.8 Å². The fourth-order valence-corrected chi connectivity index (χ4v) is 5.81. The molecule has 5 rings (SSSR count). The van der Waals surface area contributed by atoms with Gasteiger partial charge in [0.15, 0.2) is 5.78 Å². The highest BCUT2D eigenvalue weighted by Gasteiger charge is 2.52. The van der Waals surface area contributed by atoms with E-state index in [1.165, 1.54) is 34.7 Å². The number of benzene rings is 2. The Morgan fingerprint density at radius 1 is 1.20 bits per heavy atom. The van der Waals surface area contributed by atoms with E-state index in [0.29, 0.717) is 17.6 Å². The number of hydrogen-bond acceptors (Lipinski definition) is 1. The molecular weight excluding hydrogens is 304 g/mol. The molecule has 0 aliphatic heterocycles. The van der Waals surface area contributed by atoms with Crippen LogP contribution in [0.4, 0.5) is 0 Å². The summed E-state index contributed by atoms with van der Waals surface area (Å²) in [6.45, 7) is 4.53. The van der Waals surface area contributed by atoms with Gasteiger partial charge >= 0.3 is 0 Å². The van der Waals surface area contributed by atoms with Crippen molar-refractivity contribution in [3.63, 3.8) is 0 Å². The van der Waals surface area contributed by atoms with Crippen molar-refractivity contribution in [1.82, 2.24) is 0 Å². The fourth-order valence-electron chi connectivity index (χ4n) is 5.81. The number of rotatable bonds is 2. The van der Waals surface area contributed by atoms with Crippen LogP contribution in [0.3, 0.4) is 0 Å². The van der Waals surface area contributed by atoms with Gasteiger partial charge in [-0.1, -0.05) is 44.2 Å². The van der Waals surface area contributed by atoms with Crippen molar-refractivity contribution < 1.29 is 4.79 Å². The molecular formula is C24H26O. The van der Waals surface area contributed by atoms with Crippen LogP contribution in [0.15, 0.2) is 42.5 Å². The summed E-state index contributed by atoms with van der Waals surface area (Å²) >= 11 is 0. The second-order valence-electron chi connectivity index (χ2n) is 8.90. The molecule has 1 saturated carbocycles. The lowest BCUT2D eigenvalue weighted by Gasteiger charge is -2.41. The summed E-state index contributed by atoms with van der Waals surface area (Å²) in [7, 11) is 0. The summed E-state index contributed by atoms with van der Waals surface area (Å²) in [6, 6.07) is 11.3. The third kappa shape index (κ3) is 2.18. The van der Waals surface area contributed by atoms with Crippen LogP contribution in [0.2, 0.25) is 0 Å². The van der Waals surface area contributed by atoms with Crippen LogP contribution in [-0.4, -0.2) is 5.78 Å². The standard InChI is InChI=1S/C24H26O/c1-15(2)10-17-4-3-5-18-12-22-21(13-20(17)18)23(25)8-9-24(22)14-16-6-7-19(24)11-16/h3-7,12-13,15-16,19H,8-11,14H2,1-2H3. The minimum atomic E-state index is 0.227. The van der Waals surface area contributed by atoms with Crippen LogP contribution < -0.4 is 0 Å². The average Bonchev–Trinajstić information content (AvgIpc) is 3.19. The molecule has 1 spiro atoms. The highest BCUT2D eigenvalue weighted by atomic mass is 16.1. The molecule has 0 heterocycles. The van der Waals surface area contributed by atoms with Gasteiger partial charge in [-0.15, -0.1) is 0 Å². The van der Waals surface area contributed by atoms with Crippen molar-refractivity contribution in [3.8, 4) is 0 Å². The molecule has 2 aromatic rings. The first kappa shape index (κ1) is 15.4. The molecule has 1 nitrogen and oxygen atoms in total. The van der Waals surface area contributed by atoms with Gasteiger partial charge in [0.1, 0.15) is 0 Å². The molecule has 2 bridgehead atoms. The lowest BCUT2D eigenvalue weighted by molar-refractivity contribution is 0.0944. The minimum absolute atomic E-state index is 0.227. The first-order valence-electron chi connectivity index (χ1n) is 9.84. The molecule has 0 aromatic heterocycles. The van der Waals surface area contributed by atoms with Gasteiger partial charge in [-0.3, -0.25) is 4.79 Å². The normalized spacial score (nSPS) is 30.0. The van der Waals surface area contributed by atoms with Crippen molar-refractivity contribution in [2.45, 2.75) is 51.4 Å². The van der Waals surface area contributed by atoms with Gasteiger partial charge in [-0.25, -0.2) is 0 Å². The maximum atomic E-state index is 12.8. The van der Waals surface area contributed by atoms with E-state index in [0.717, 1.165) is 30.7 Å². The van der Waals surface area contributed by atoms with Crippen LogP contribution in [0.1, 0.15) is 61.0 Å². The molecule has 25 heavy (non-hydrogen) atoms. The Morgan fingerprint density at radius 2 is 2.08 bits per heavy atom. The summed E-state index contributed by atoms with van der Waals surface area (Å²) in [5, 5.41) is 2.61. The summed E-state index contributed by atoms with van der Waals surface area (Å²) in [5.74, 6) is 2.35. The first-order chi connectivity index (χ1) is 12.1. The molecule has 3 atom stereocenters. The summed E-state index contributed by atoms with van der Waals surface area (Å²) in [5.41, 5.74) is 3.99. The zero-order valence-electron chi connectivity index (χ0n) is 15.2. The van der Waals surface area contributed by atoms with Gasteiger partial charge in [0.05, 0.1) is 0 Å². The molecule has 0 N–H and O–H groups in total. The highest BCUT2D eigenvalue weighted by Crippen LogP contribution is 2.58. The summed E-state index contributed by atoms with van der Waals surface area (Å²) in [6.07, 6.45) is 10.2. The van der Waals surface area contributed by atoms with E-state index in [1.807, 2.05) is 0 Å². The van der Waals surface area contributed by atoms with Crippen molar-refractivity contribution in [1.29, 1.82) is 0 Å². The number of fused-ring (bicyclic) bond motifs is 6. The maximum Gasteiger partial charge on any atom is 0.163 e. The molecule has 3 aliphatic rings. The van der Waals surface area contributed by atoms with E-state index in [9.17, 15) is 4.79 Å². The Morgan fingerprint density at radius 3 is 2.80 bits per heavy atom. The topological polar surface area (TPSA) is 17.1 Å². The van der Waals surface area contributed by atoms with E-state index in [1.54, 1.807) is 0 Å². The Balaban J connectivity index is 1.73. The number of ketones is 1. The molecule has 1 fully saturated rings. The average molecular weight is 330 g/mol. The molecule has 1 heteroatoms. The van der Waals surface area contributed by atoms with Crippen LogP contribution >= 0.6 is 0 Å². The number of carbonyl (C=O) groups excluding carboxylic acids is 1. The minimum Gasteiger partial charge on any atom is -0.294 e. The van der Waals surface area contributed by atoms with E-state index in [2.05, 4.69) is 56.3 Å². The van der Waals surface area contributed by atoms with Crippen LogP contribution in [0.5, 0.6) is 0 Å². The zero-order valence-corrected chi connectivity index (χ0v) is 15.2. The van der Waals surface area contributed by atoms with Crippen molar-refractivity contribution in [3.05, 3.63) is 59.2 Å². The Labute approximate surface area is 150 Å². The SMILES string of the molecule is CC(C)Cc1cccc2cc3c(cc12)C(=O)CCC31CC2C=CC1C2. The largest absolute Gasteiger partial charge is 0.294 e. The van der Waals surface area contributed by atoms with E-state index >= 15 is 0 Å². The predicted molar refractivity (Wildman–Crippen MR) is 103 cm³/mol. The van der Waals surface area contributed by atoms with Gasteiger partial charge in [0, 0.05) is 17.4 Å². The maximum absolute atomic E-state index is 12.8. The predicted octanol–water partition coefficient (Wildman–Crippen LogP) is 5.85. The molecule has 2 aromatic carbocycles. The monoisotopic (exact) mass is 330 g/mol. The Kier molecular flexibility index (Phi) is 3.26. The number of allylic oxidation sites excluding steroid dienone is 2. The van der Waals surface area contributed by atoms with Gasteiger partial charge in [0.25, 0.3) is 0 Å². The molecule has 0 amide bonds. The molecule has 128 valence electrons. The highest BCUT2D eigenvalue weighted by molar-refractivity contribution is 6.03. The number of Topliss-reactive ketones (excluding diaryl/α,β-unsaturated/α-hetero) is 1. The molecule has 0 radical (unpaired) electrons. The van der Waals surface area contributed by atoms with Gasteiger partial charge in [-0.05, 0) is 77.5 Å². The molecule has 0 saturated heterocycles. The Hall–Kier alpha value is -1.89. The lowest BCUT2D eigenvalue weighted by Crippen LogP contribution is -2.36. The first-order valence-corrected chi connectivity index (χ1v) is 9.84. The molecule has 3 aliphatic carbocycles. The zero-order chi connectivity index (χ0) is 17.2. The quantitative estimate of drug-likeness (QED) is 0.631. The van der Waals surface area contributed by atoms with Crippen LogP contribution in [0, 0.1) is 17.8 Å². The summed E-state index contributed by atoms with van der Waals surface area (Å²) < 4.78 is 0. The van der Waals surface area contributed by atoms with Gasteiger partial charge in [0.2, 0.25) is 0 Å². The van der Waals surface area contributed by atoms with E-state index in [4.69, 9.17) is 0 Å². The van der Waals surface area contributed by atoms with Gasteiger partial charge in [-0.2, -0.15) is 0 Å². The smallest absolute Gasteiger partial charge is 0.163 e. The third-order valence-corrected chi connectivity index (χ3v) is 6.88. The van der Waals surface area contributed by atoms with Crippen molar-refractivity contribution >= 4 is 16.6 Å². The van der Waals surface area contributed by atoms with Crippen molar-refractivity contribution in [2.24, 2.45) is 17.8 Å². The van der Waals surface area contributed by atoms with E-state index in [-0.39, 0.29) is 5.41 Å². The van der Waals surface area contributed by atoms with Crippen molar-refractivity contribution in [2.75, 3.05) is 0 Å². The Bertz CT molecular complexity index is 904. The second kappa shape index (κ2) is 5.30. The van der Waals surface area contributed by atoms with E-state index < -0.39 is 0 Å². The lowest BCUT2D eigenvalue weighted by atomic mass is 9.62. The second-order valence-corrected chi connectivity index (χ2v) is 8.90. The van der Waals surface area contributed by atoms with Crippen LogP contribution in [0.25, 0.3) is 10.8 Å². The molecule has 3 unspecified atom stereocenters. The van der Waals surface area contributed by atoms with Gasteiger partial charge < -0.3 is 0 Å². The number of carbonyl (C=O) groups is 1. The third-order valence-electron chi connectivity index (χ3n) is 6.88. The fraction of sp³-hybridized carbons (Fsp3) is 0.458.